The largest absolute Gasteiger partial charge is 0.506 e. The standard InChI is InChI=1S/C24H18N2O5S2.CH2O/c27-19-13-15(6-8-18(19)26-23(29)21-4-2-10-33-21)11-14-5-7-17(16(12-14)24(30)31)25-22(28)20-3-1-9-32-20;1-2/h1-10,12-13,27H,11H2,(H,25,28)(H,26,29)(H,30,31);1H2. The monoisotopic (exact) mass is 508 g/mol. The van der Waals surface area contributed by atoms with Crippen molar-refractivity contribution in [1.82, 2.24) is 0 Å². The number of phenols is 1. The second-order valence-corrected chi connectivity index (χ2v) is 8.97. The van der Waals surface area contributed by atoms with Crippen molar-refractivity contribution in [2.45, 2.75) is 6.42 Å². The number of amides is 2. The third kappa shape index (κ3) is 6.40. The molecule has 0 aliphatic carbocycles. The Morgan fingerprint density at radius 3 is 1.77 bits per heavy atom. The van der Waals surface area contributed by atoms with Crippen molar-refractivity contribution >= 4 is 58.6 Å². The summed E-state index contributed by atoms with van der Waals surface area (Å²) in [6, 6.07) is 16.5. The minimum atomic E-state index is -1.16. The molecule has 0 aliphatic rings. The van der Waals surface area contributed by atoms with Crippen molar-refractivity contribution in [2.75, 3.05) is 10.6 Å². The number of phenolic OH excluding ortho intramolecular Hbond substituents is 1. The third-order valence-electron chi connectivity index (χ3n) is 4.77. The Bertz CT molecular complexity index is 1330. The van der Waals surface area contributed by atoms with Crippen LogP contribution in [0.25, 0.3) is 0 Å². The van der Waals surface area contributed by atoms with Crippen LogP contribution >= 0.6 is 22.7 Å². The normalized spacial score (nSPS) is 10.1. The molecule has 4 N–H and O–H groups in total. The molecule has 2 amide bonds. The number of aromatic hydroxyl groups is 1. The van der Waals surface area contributed by atoms with Gasteiger partial charge in [0.25, 0.3) is 11.8 Å². The molecule has 0 radical (unpaired) electrons. The van der Waals surface area contributed by atoms with E-state index in [1.807, 2.05) is 6.79 Å². The Kier molecular flexibility index (Phi) is 8.49. The second-order valence-electron chi connectivity index (χ2n) is 7.08. The SMILES string of the molecule is C=O.O=C(Nc1ccc(Cc2ccc(NC(=O)c3cccs3)c(C(=O)O)c2)cc1O)c1cccs1. The number of benzene rings is 2. The molecule has 0 aliphatic heterocycles. The molecule has 0 spiro atoms. The summed E-state index contributed by atoms with van der Waals surface area (Å²) in [5.41, 5.74) is 1.89. The average Bonchev–Trinajstić information content (AvgIpc) is 3.58. The number of carbonyl (C=O) groups excluding carboxylic acids is 3. The van der Waals surface area contributed by atoms with Crippen LogP contribution in [-0.4, -0.2) is 34.8 Å². The highest BCUT2D eigenvalue weighted by atomic mass is 32.1. The fraction of sp³-hybridized carbons (Fsp3) is 0.0400. The van der Waals surface area contributed by atoms with Gasteiger partial charge in [0.2, 0.25) is 0 Å². The molecule has 4 aromatic rings. The van der Waals surface area contributed by atoms with Gasteiger partial charge in [-0.1, -0.05) is 24.3 Å². The zero-order valence-corrected chi connectivity index (χ0v) is 19.8. The van der Waals surface area contributed by atoms with Crippen LogP contribution in [0.2, 0.25) is 0 Å². The maximum absolute atomic E-state index is 12.3. The first-order valence-corrected chi connectivity index (χ1v) is 11.8. The van der Waals surface area contributed by atoms with Gasteiger partial charge in [-0.05, 0) is 64.7 Å². The number of nitrogens with one attached hydrogen (secondary N) is 2. The molecule has 2 aromatic heterocycles. The predicted molar refractivity (Wildman–Crippen MR) is 136 cm³/mol. The van der Waals surface area contributed by atoms with E-state index in [2.05, 4.69) is 10.6 Å². The van der Waals surface area contributed by atoms with Gasteiger partial charge in [-0.2, -0.15) is 0 Å². The highest BCUT2D eigenvalue weighted by Crippen LogP contribution is 2.28. The van der Waals surface area contributed by atoms with E-state index in [0.29, 0.717) is 21.7 Å². The second kappa shape index (κ2) is 11.7. The number of thiophene rings is 2. The number of hydrogen-bond donors (Lipinski definition) is 4. The van der Waals surface area contributed by atoms with Crippen LogP contribution in [0.15, 0.2) is 71.4 Å². The zero-order chi connectivity index (χ0) is 25.4. The van der Waals surface area contributed by atoms with Gasteiger partial charge in [-0.15, -0.1) is 22.7 Å². The molecular weight excluding hydrogens is 488 g/mol. The highest BCUT2D eigenvalue weighted by molar-refractivity contribution is 7.12. The maximum atomic E-state index is 12.3. The first kappa shape index (κ1) is 25.3. The number of carboxylic acids is 1. The molecule has 0 fully saturated rings. The number of carboxylic acid groups (broad SMARTS) is 1. The van der Waals surface area contributed by atoms with Gasteiger partial charge in [0.1, 0.15) is 12.5 Å². The smallest absolute Gasteiger partial charge is 0.337 e. The Morgan fingerprint density at radius 2 is 1.29 bits per heavy atom. The van der Waals surface area contributed by atoms with Crippen LogP contribution in [-0.2, 0) is 11.2 Å². The van der Waals surface area contributed by atoms with Crippen molar-refractivity contribution in [1.29, 1.82) is 0 Å². The summed E-state index contributed by atoms with van der Waals surface area (Å²) >= 11 is 2.57. The first-order valence-electron chi connectivity index (χ1n) is 10.1. The molecule has 0 bridgehead atoms. The number of hydrogen-bond acceptors (Lipinski definition) is 7. The number of carbonyl (C=O) groups is 4. The van der Waals surface area contributed by atoms with Crippen molar-refractivity contribution in [3.63, 3.8) is 0 Å². The summed E-state index contributed by atoms with van der Waals surface area (Å²) < 4.78 is 0. The third-order valence-corrected chi connectivity index (χ3v) is 6.51. The lowest BCUT2D eigenvalue weighted by Crippen LogP contribution is -2.14. The van der Waals surface area contributed by atoms with Crippen LogP contribution in [0.5, 0.6) is 5.75 Å². The van der Waals surface area contributed by atoms with E-state index in [1.54, 1.807) is 59.3 Å². The molecule has 0 atom stereocenters. The Labute approximate surface area is 208 Å². The summed E-state index contributed by atoms with van der Waals surface area (Å²) in [7, 11) is 0. The molecule has 35 heavy (non-hydrogen) atoms. The molecule has 2 aromatic carbocycles. The summed E-state index contributed by atoms with van der Waals surface area (Å²) in [6.07, 6.45) is 0.353. The van der Waals surface area contributed by atoms with Crippen LogP contribution in [0.1, 0.15) is 40.8 Å². The lowest BCUT2D eigenvalue weighted by Gasteiger charge is -2.11. The highest BCUT2D eigenvalue weighted by Gasteiger charge is 2.16. The van der Waals surface area contributed by atoms with Crippen molar-refractivity contribution in [2.24, 2.45) is 0 Å². The van der Waals surface area contributed by atoms with Crippen LogP contribution < -0.4 is 10.6 Å². The quantitative estimate of drug-likeness (QED) is 0.256. The van der Waals surface area contributed by atoms with E-state index < -0.39 is 5.97 Å². The van der Waals surface area contributed by atoms with Crippen molar-refractivity contribution < 1.29 is 29.4 Å². The van der Waals surface area contributed by atoms with Gasteiger partial charge in [-0.3, -0.25) is 9.59 Å². The maximum Gasteiger partial charge on any atom is 0.337 e. The molecule has 0 saturated carbocycles. The summed E-state index contributed by atoms with van der Waals surface area (Å²) in [6.45, 7) is 2.00. The van der Waals surface area contributed by atoms with Crippen LogP contribution in [0, 0.1) is 0 Å². The predicted octanol–water partition coefficient (Wildman–Crippen LogP) is 5.12. The van der Waals surface area contributed by atoms with Crippen molar-refractivity contribution in [3.8, 4) is 5.75 Å². The van der Waals surface area contributed by atoms with Gasteiger partial charge in [0.15, 0.2) is 0 Å². The first-order chi connectivity index (χ1) is 16.9. The van der Waals surface area contributed by atoms with Crippen LogP contribution in [0.3, 0.4) is 0 Å². The Balaban J connectivity index is 0.00000167. The lowest BCUT2D eigenvalue weighted by atomic mass is 10.0. The number of aromatic carboxylic acids is 1. The van der Waals surface area contributed by atoms with E-state index >= 15 is 0 Å². The summed E-state index contributed by atoms with van der Waals surface area (Å²) in [5.74, 6) is -1.92. The van der Waals surface area contributed by atoms with E-state index in [1.165, 1.54) is 34.8 Å². The minimum absolute atomic E-state index is 0.0264. The summed E-state index contributed by atoms with van der Waals surface area (Å²) in [4.78, 5) is 45.3. The van der Waals surface area contributed by atoms with E-state index in [4.69, 9.17) is 4.79 Å². The fourth-order valence-electron chi connectivity index (χ4n) is 3.20. The van der Waals surface area contributed by atoms with Gasteiger partial charge >= 0.3 is 5.97 Å². The van der Waals surface area contributed by atoms with E-state index in [9.17, 15) is 24.6 Å². The van der Waals surface area contributed by atoms with Crippen LogP contribution in [0.4, 0.5) is 11.4 Å². The molecule has 178 valence electrons. The van der Waals surface area contributed by atoms with Gasteiger partial charge in [-0.25, -0.2) is 4.79 Å². The number of rotatable bonds is 7. The molecular formula is C25H20N2O6S2. The lowest BCUT2D eigenvalue weighted by molar-refractivity contribution is -0.0980. The Morgan fingerprint density at radius 1 is 0.771 bits per heavy atom. The number of anilines is 2. The van der Waals surface area contributed by atoms with Gasteiger partial charge in [0, 0.05) is 0 Å². The van der Waals surface area contributed by atoms with Crippen molar-refractivity contribution in [3.05, 3.63) is 97.9 Å². The van der Waals surface area contributed by atoms with E-state index in [-0.39, 0.29) is 34.5 Å². The van der Waals surface area contributed by atoms with E-state index in [0.717, 1.165) is 5.56 Å². The zero-order valence-electron chi connectivity index (χ0n) is 18.2. The van der Waals surface area contributed by atoms with Gasteiger partial charge in [0.05, 0.1) is 26.7 Å². The Hall–Kier alpha value is -4.28. The molecule has 2 heterocycles. The molecule has 8 nitrogen and oxygen atoms in total. The topological polar surface area (TPSA) is 133 Å². The molecule has 4 rings (SSSR count). The molecule has 0 unspecified atom stereocenters. The minimum Gasteiger partial charge on any atom is -0.506 e. The summed E-state index contributed by atoms with van der Waals surface area (Å²) in [5, 5.41) is 28.8. The molecule has 0 saturated heterocycles. The molecule has 10 heteroatoms. The van der Waals surface area contributed by atoms with Gasteiger partial charge < -0.3 is 25.6 Å². The average molecular weight is 509 g/mol. The fourth-order valence-corrected chi connectivity index (χ4v) is 4.44.